The second-order valence-corrected chi connectivity index (χ2v) is 9.12. The molecule has 0 spiro atoms. The molecule has 2 heterocycles. The number of likely N-dealkylation sites (tertiary alicyclic amines) is 1. The number of benzene rings is 2. The van der Waals surface area contributed by atoms with Crippen LogP contribution >= 0.6 is 11.3 Å². The van der Waals surface area contributed by atoms with Crippen molar-refractivity contribution in [2.75, 3.05) is 18.4 Å². The van der Waals surface area contributed by atoms with E-state index >= 15 is 0 Å². The molecule has 1 saturated heterocycles. The first kappa shape index (κ1) is 23.5. The minimum Gasteiger partial charge on any atom is -0.352 e. The smallest absolute Gasteiger partial charge is 0.286 e. The van der Waals surface area contributed by atoms with Gasteiger partial charge in [-0.15, -0.1) is 10.2 Å². The summed E-state index contributed by atoms with van der Waals surface area (Å²) in [6, 6.07) is 13.3. The largest absolute Gasteiger partial charge is 0.352 e. The number of aromatic nitrogens is 2. The second-order valence-electron chi connectivity index (χ2n) is 8.14. The molecule has 3 aromatic rings. The first-order chi connectivity index (χ1) is 16.4. The minimum absolute atomic E-state index is 0.0108. The Balaban J connectivity index is 1.26. The van der Waals surface area contributed by atoms with Crippen LogP contribution in [0.25, 0.3) is 0 Å². The fourth-order valence-corrected chi connectivity index (χ4v) is 4.35. The average molecular weight is 482 g/mol. The number of aryl methyl sites for hydroxylation is 1. The Morgan fingerprint density at radius 2 is 1.65 bits per heavy atom. The molecular weight excluding hydrogens is 457 g/mol. The molecule has 0 radical (unpaired) electrons. The van der Waals surface area contributed by atoms with E-state index in [0.717, 1.165) is 16.9 Å². The van der Waals surface area contributed by atoms with Crippen LogP contribution < -0.4 is 10.6 Å². The van der Waals surface area contributed by atoms with Crippen molar-refractivity contribution in [2.24, 2.45) is 5.92 Å². The van der Waals surface area contributed by atoms with E-state index in [1.807, 2.05) is 31.2 Å². The minimum atomic E-state index is -0.521. The fraction of sp³-hybridized carbons (Fsp3) is 0.292. The lowest BCUT2D eigenvalue weighted by molar-refractivity contribution is -0.126. The van der Waals surface area contributed by atoms with Crippen LogP contribution in [-0.4, -0.2) is 45.9 Å². The van der Waals surface area contributed by atoms with Gasteiger partial charge in [-0.2, -0.15) is 0 Å². The summed E-state index contributed by atoms with van der Waals surface area (Å²) in [6.45, 7) is 3.35. The van der Waals surface area contributed by atoms with Gasteiger partial charge in [-0.25, -0.2) is 4.39 Å². The average Bonchev–Trinajstić information content (AvgIpc) is 3.35. The van der Waals surface area contributed by atoms with Gasteiger partial charge in [-0.05, 0) is 49.6 Å². The van der Waals surface area contributed by atoms with Gasteiger partial charge in [0.2, 0.25) is 15.9 Å². The summed E-state index contributed by atoms with van der Waals surface area (Å²) in [6.07, 6.45) is 1.12. The lowest BCUT2D eigenvalue weighted by Crippen LogP contribution is -2.42. The molecule has 3 amide bonds. The number of rotatable bonds is 6. The Morgan fingerprint density at radius 3 is 2.32 bits per heavy atom. The molecule has 4 rings (SSSR count). The quantitative estimate of drug-likeness (QED) is 0.562. The number of carbonyl (C=O) groups is 3. The highest BCUT2D eigenvalue weighted by atomic mass is 32.1. The highest BCUT2D eigenvalue weighted by molar-refractivity contribution is 7.15. The summed E-state index contributed by atoms with van der Waals surface area (Å²) < 4.78 is 13.0. The van der Waals surface area contributed by atoms with E-state index in [4.69, 9.17) is 0 Å². The lowest BCUT2D eigenvalue weighted by Gasteiger charge is -2.30. The van der Waals surface area contributed by atoms with E-state index < -0.39 is 11.7 Å². The standard InChI is InChI=1S/C24H24FN5O3S/c1-15-2-4-16(5-3-15)14-26-20(31)17-10-12-30(13-11-17)24(33)23-29-28-22(34-23)21(32)27-19-8-6-18(25)7-9-19/h2-9,17H,10-14H2,1H3,(H,26,31)(H,27,32). The van der Waals surface area contributed by atoms with Crippen molar-refractivity contribution in [3.8, 4) is 0 Å². The first-order valence-corrected chi connectivity index (χ1v) is 11.7. The van der Waals surface area contributed by atoms with Gasteiger partial charge >= 0.3 is 0 Å². The van der Waals surface area contributed by atoms with Gasteiger partial charge in [0.15, 0.2) is 0 Å². The molecule has 0 saturated carbocycles. The van der Waals surface area contributed by atoms with E-state index in [0.29, 0.717) is 38.2 Å². The van der Waals surface area contributed by atoms with E-state index in [1.165, 1.54) is 29.8 Å². The van der Waals surface area contributed by atoms with E-state index in [-0.39, 0.29) is 27.7 Å². The second kappa shape index (κ2) is 10.5. The highest BCUT2D eigenvalue weighted by Crippen LogP contribution is 2.21. The lowest BCUT2D eigenvalue weighted by atomic mass is 9.95. The van der Waals surface area contributed by atoms with Crippen LogP contribution in [0.1, 0.15) is 43.6 Å². The Hall–Kier alpha value is -3.66. The molecule has 0 bridgehead atoms. The maximum atomic E-state index is 13.0. The zero-order chi connectivity index (χ0) is 24.1. The maximum Gasteiger partial charge on any atom is 0.286 e. The highest BCUT2D eigenvalue weighted by Gasteiger charge is 2.29. The van der Waals surface area contributed by atoms with Crippen molar-refractivity contribution < 1.29 is 18.8 Å². The number of hydrogen-bond donors (Lipinski definition) is 2. The monoisotopic (exact) mass is 481 g/mol. The summed E-state index contributed by atoms with van der Waals surface area (Å²) in [5.74, 6) is -1.40. The topological polar surface area (TPSA) is 104 Å². The fourth-order valence-electron chi connectivity index (χ4n) is 3.64. The Bertz CT molecular complexity index is 1170. The van der Waals surface area contributed by atoms with Crippen LogP contribution in [0.15, 0.2) is 48.5 Å². The predicted molar refractivity (Wildman–Crippen MR) is 126 cm³/mol. The van der Waals surface area contributed by atoms with Crippen LogP contribution in [0.4, 0.5) is 10.1 Å². The number of anilines is 1. The van der Waals surface area contributed by atoms with Crippen molar-refractivity contribution >= 4 is 34.7 Å². The SMILES string of the molecule is Cc1ccc(CNC(=O)C2CCN(C(=O)c3nnc(C(=O)Nc4ccc(F)cc4)s3)CC2)cc1. The van der Waals surface area contributed by atoms with Gasteiger partial charge in [-0.3, -0.25) is 14.4 Å². The number of hydrogen-bond acceptors (Lipinski definition) is 6. The van der Waals surface area contributed by atoms with E-state index in [1.54, 1.807) is 4.90 Å². The third-order valence-corrected chi connectivity index (χ3v) is 6.55. The van der Waals surface area contributed by atoms with E-state index in [9.17, 15) is 18.8 Å². The van der Waals surface area contributed by atoms with Crippen LogP contribution in [0.3, 0.4) is 0 Å². The summed E-state index contributed by atoms with van der Waals surface area (Å²) >= 11 is 0.900. The molecule has 2 N–H and O–H groups in total. The Morgan fingerprint density at radius 1 is 1.00 bits per heavy atom. The first-order valence-electron chi connectivity index (χ1n) is 10.9. The molecule has 10 heteroatoms. The molecule has 1 aliphatic rings. The molecule has 34 heavy (non-hydrogen) atoms. The van der Waals surface area contributed by atoms with Crippen LogP contribution in [0.2, 0.25) is 0 Å². The van der Waals surface area contributed by atoms with Crippen molar-refractivity contribution in [3.63, 3.8) is 0 Å². The molecule has 0 aliphatic carbocycles. The number of amides is 3. The summed E-state index contributed by atoms with van der Waals surface area (Å²) in [5, 5.41) is 13.4. The summed E-state index contributed by atoms with van der Waals surface area (Å²) in [4.78, 5) is 39.3. The zero-order valence-electron chi connectivity index (χ0n) is 18.6. The number of halogens is 1. The van der Waals surface area contributed by atoms with Gasteiger partial charge in [0.1, 0.15) is 5.82 Å². The van der Waals surface area contributed by atoms with Gasteiger partial charge in [-0.1, -0.05) is 41.2 Å². The van der Waals surface area contributed by atoms with Crippen molar-refractivity contribution in [1.29, 1.82) is 0 Å². The van der Waals surface area contributed by atoms with Crippen molar-refractivity contribution in [3.05, 3.63) is 75.5 Å². The normalized spacial score (nSPS) is 14.0. The third-order valence-electron chi connectivity index (χ3n) is 5.64. The molecule has 0 unspecified atom stereocenters. The Kier molecular flexibility index (Phi) is 7.27. The summed E-state index contributed by atoms with van der Waals surface area (Å²) in [7, 11) is 0. The van der Waals surface area contributed by atoms with Gasteiger partial charge in [0.25, 0.3) is 11.8 Å². The Labute approximate surface area is 200 Å². The molecule has 176 valence electrons. The maximum absolute atomic E-state index is 13.0. The number of carbonyl (C=O) groups excluding carboxylic acids is 3. The number of piperidine rings is 1. The van der Waals surface area contributed by atoms with Gasteiger partial charge < -0.3 is 15.5 Å². The number of nitrogens with one attached hydrogen (secondary N) is 2. The van der Waals surface area contributed by atoms with Gasteiger partial charge in [0, 0.05) is 31.2 Å². The van der Waals surface area contributed by atoms with Crippen molar-refractivity contribution in [1.82, 2.24) is 20.4 Å². The molecule has 8 nitrogen and oxygen atoms in total. The molecule has 1 aliphatic heterocycles. The molecule has 2 aromatic carbocycles. The molecular formula is C24H24FN5O3S. The molecule has 1 aromatic heterocycles. The van der Waals surface area contributed by atoms with Crippen LogP contribution in [0, 0.1) is 18.7 Å². The molecule has 1 fully saturated rings. The zero-order valence-corrected chi connectivity index (χ0v) is 19.4. The van der Waals surface area contributed by atoms with E-state index in [2.05, 4.69) is 20.8 Å². The third kappa shape index (κ3) is 5.82. The summed E-state index contributed by atoms with van der Waals surface area (Å²) in [5.41, 5.74) is 2.63. The van der Waals surface area contributed by atoms with Crippen LogP contribution in [-0.2, 0) is 11.3 Å². The van der Waals surface area contributed by atoms with Crippen LogP contribution in [0.5, 0.6) is 0 Å². The predicted octanol–water partition coefficient (Wildman–Crippen LogP) is 3.41. The molecule has 0 atom stereocenters. The number of nitrogens with zero attached hydrogens (tertiary/aromatic N) is 3. The van der Waals surface area contributed by atoms with Gasteiger partial charge in [0.05, 0.1) is 0 Å². The van der Waals surface area contributed by atoms with Crippen molar-refractivity contribution in [2.45, 2.75) is 26.3 Å².